The Morgan fingerprint density at radius 2 is 2.14 bits per heavy atom. The van der Waals surface area contributed by atoms with Gasteiger partial charge in [-0.1, -0.05) is 0 Å². The van der Waals surface area contributed by atoms with Crippen LogP contribution < -0.4 is 10.9 Å². The normalized spacial score (nSPS) is 10.4. The Hall–Kier alpha value is -2.57. The summed E-state index contributed by atoms with van der Waals surface area (Å²) < 4.78 is 27.5. The van der Waals surface area contributed by atoms with Gasteiger partial charge in [-0.3, -0.25) is 14.2 Å². The molecule has 0 aliphatic carbocycles. The number of amides is 1. The summed E-state index contributed by atoms with van der Waals surface area (Å²) >= 11 is 0. The van der Waals surface area contributed by atoms with Crippen LogP contribution in [0.4, 0.5) is 8.78 Å². The van der Waals surface area contributed by atoms with Crippen molar-refractivity contribution in [2.24, 2.45) is 0 Å². The van der Waals surface area contributed by atoms with Crippen LogP contribution in [0.15, 0.2) is 35.5 Å². The molecule has 7 heteroatoms. The Labute approximate surface area is 119 Å². The van der Waals surface area contributed by atoms with Gasteiger partial charge in [0.2, 0.25) is 0 Å². The van der Waals surface area contributed by atoms with Gasteiger partial charge in [0.25, 0.3) is 11.5 Å². The second-order valence-electron chi connectivity index (χ2n) is 4.46. The Bertz CT molecular complexity index is 728. The lowest BCUT2D eigenvalue weighted by Crippen LogP contribution is -2.32. The number of hydrogen-bond acceptors (Lipinski definition) is 3. The summed E-state index contributed by atoms with van der Waals surface area (Å²) in [6.45, 7) is 1.97. The maximum Gasteiger partial charge on any atom is 0.256 e. The first-order valence-corrected chi connectivity index (χ1v) is 6.23. The highest BCUT2D eigenvalue weighted by atomic mass is 19.1. The molecule has 0 spiro atoms. The zero-order valence-electron chi connectivity index (χ0n) is 11.3. The van der Waals surface area contributed by atoms with Crippen molar-refractivity contribution in [2.45, 2.75) is 13.5 Å². The molecule has 0 atom stereocenters. The third-order valence-corrected chi connectivity index (χ3v) is 2.89. The van der Waals surface area contributed by atoms with Crippen molar-refractivity contribution >= 4 is 5.91 Å². The SMILES string of the molecule is Cc1cncn(CCNC(=O)c2ccc(F)cc2F)c1=O. The largest absolute Gasteiger partial charge is 0.350 e. The van der Waals surface area contributed by atoms with Crippen molar-refractivity contribution in [1.29, 1.82) is 0 Å². The molecule has 2 aromatic rings. The van der Waals surface area contributed by atoms with Crippen LogP contribution in [0.3, 0.4) is 0 Å². The van der Waals surface area contributed by atoms with Gasteiger partial charge >= 0.3 is 0 Å². The van der Waals surface area contributed by atoms with Gasteiger partial charge in [0, 0.05) is 30.9 Å². The Balaban J connectivity index is 1.98. The van der Waals surface area contributed by atoms with Crippen LogP contribution in [0.2, 0.25) is 0 Å². The number of aromatic nitrogens is 2. The lowest BCUT2D eigenvalue weighted by molar-refractivity contribution is 0.0948. The minimum absolute atomic E-state index is 0.126. The molecule has 0 saturated heterocycles. The topological polar surface area (TPSA) is 64.0 Å². The molecule has 2 rings (SSSR count). The van der Waals surface area contributed by atoms with Crippen LogP contribution in [0.1, 0.15) is 15.9 Å². The van der Waals surface area contributed by atoms with E-state index in [1.54, 1.807) is 6.92 Å². The molecule has 0 fully saturated rings. The van der Waals surface area contributed by atoms with E-state index in [0.717, 1.165) is 12.1 Å². The molecular formula is C14H13F2N3O2. The molecule has 21 heavy (non-hydrogen) atoms. The standard InChI is InChI=1S/C14H13F2N3O2/c1-9-7-17-8-19(14(9)21)5-4-18-13(20)11-3-2-10(15)6-12(11)16/h2-3,6-8H,4-5H2,1H3,(H,18,20). The first kappa shape index (κ1) is 14.8. The van der Waals surface area contributed by atoms with Gasteiger partial charge in [0.05, 0.1) is 11.9 Å². The predicted molar refractivity (Wildman–Crippen MR) is 71.9 cm³/mol. The van der Waals surface area contributed by atoms with Crippen LogP contribution in [0, 0.1) is 18.6 Å². The van der Waals surface area contributed by atoms with Gasteiger partial charge in [-0.15, -0.1) is 0 Å². The maximum absolute atomic E-state index is 13.4. The van der Waals surface area contributed by atoms with E-state index in [0.29, 0.717) is 11.6 Å². The Morgan fingerprint density at radius 1 is 1.38 bits per heavy atom. The Kier molecular flexibility index (Phi) is 4.42. The zero-order chi connectivity index (χ0) is 15.4. The third-order valence-electron chi connectivity index (χ3n) is 2.89. The molecule has 0 aliphatic rings. The Morgan fingerprint density at radius 3 is 2.86 bits per heavy atom. The van der Waals surface area contributed by atoms with E-state index in [1.165, 1.54) is 17.1 Å². The second-order valence-corrected chi connectivity index (χ2v) is 4.46. The summed E-state index contributed by atoms with van der Waals surface area (Å²) in [6.07, 6.45) is 2.81. The van der Waals surface area contributed by atoms with Gasteiger partial charge < -0.3 is 5.32 Å². The number of halogens is 2. The van der Waals surface area contributed by atoms with Crippen LogP contribution in [-0.4, -0.2) is 22.0 Å². The number of benzene rings is 1. The molecule has 1 amide bonds. The number of nitrogens with zero attached hydrogens (tertiary/aromatic N) is 2. The molecule has 1 heterocycles. The molecule has 5 nitrogen and oxygen atoms in total. The van der Waals surface area contributed by atoms with Crippen molar-refractivity contribution in [1.82, 2.24) is 14.9 Å². The summed E-state index contributed by atoms with van der Waals surface area (Å²) in [6, 6.07) is 2.72. The number of hydrogen-bond donors (Lipinski definition) is 1. The smallest absolute Gasteiger partial charge is 0.256 e. The minimum atomic E-state index is -0.929. The zero-order valence-corrected chi connectivity index (χ0v) is 11.3. The van der Waals surface area contributed by atoms with Crippen molar-refractivity contribution < 1.29 is 13.6 Å². The van der Waals surface area contributed by atoms with E-state index in [9.17, 15) is 18.4 Å². The molecule has 0 radical (unpaired) electrons. The van der Waals surface area contributed by atoms with Gasteiger partial charge in [-0.2, -0.15) is 0 Å². The highest BCUT2D eigenvalue weighted by Crippen LogP contribution is 2.09. The highest BCUT2D eigenvalue weighted by Gasteiger charge is 2.11. The number of carbonyl (C=O) groups excluding carboxylic acids is 1. The molecule has 1 aromatic carbocycles. The minimum Gasteiger partial charge on any atom is -0.350 e. The van der Waals surface area contributed by atoms with E-state index in [2.05, 4.69) is 10.3 Å². The van der Waals surface area contributed by atoms with Crippen molar-refractivity contribution in [3.05, 3.63) is 63.8 Å². The van der Waals surface area contributed by atoms with Crippen molar-refractivity contribution in [3.8, 4) is 0 Å². The van der Waals surface area contributed by atoms with Crippen molar-refractivity contribution in [3.63, 3.8) is 0 Å². The van der Waals surface area contributed by atoms with Gasteiger partial charge in [-0.25, -0.2) is 13.8 Å². The van der Waals surface area contributed by atoms with E-state index >= 15 is 0 Å². The van der Waals surface area contributed by atoms with Crippen LogP contribution in [0.5, 0.6) is 0 Å². The van der Waals surface area contributed by atoms with Crippen LogP contribution in [-0.2, 0) is 6.54 Å². The summed E-state index contributed by atoms with van der Waals surface area (Å²) in [5.41, 5.74) is 0.0479. The lowest BCUT2D eigenvalue weighted by atomic mass is 10.2. The number of nitrogens with one attached hydrogen (secondary N) is 1. The fraction of sp³-hybridized carbons (Fsp3) is 0.214. The molecule has 1 N–H and O–H groups in total. The van der Waals surface area contributed by atoms with Gasteiger partial charge in [-0.05, 0) is 19.1 Å². The third kappa shape index (κ3) is 3.50. The van der Waals surface area contributed by atoms with Gasteiger partial charge in [0.15, 0.2) is 0 Å². The van der Waals surface area contributed by atoms with E-state index in [4.69, 9.17) is 0 Å². The number of aryl methyl sites for hydroxylation is 1. The summed E-state index contributed by atoms with van der Waals surface area (Å²) in [5.74, 6) is -2.34. The quantitative estimate of drug-likeness (QED) is 0.923. The van der Waals surface area contributed by atoms with Crippen LogP contribution in [0.25, 0.3) is 0 Å². The molecular weight excluding hydrogens is 280 g/mol. The molecule has 0 saturated carbocycles. The molecule has 1 aromatic heterocycles. The summed E-state index contributed by atoms with van der Waals surface area (Å²) in [5, 5.41) is 2.47. The highest BCUT2D eigenvalue weighted by molar-refractivity contribution is 5.94. The summed E-state index contributed by atoms with van der Waals surface area (Å²) in [4.78, 5) is 27.3. The van der Waals surface area contributed by atoms with E-state index < -0.39 is 17.5 Å². The summed E-state index contributed by atoms with van der Waals surface area (Å²) in [7, 11) is 0. The average molecular weight is 293 g/mol. The second kappa shape index (κ2) is 6.25. The lowest BCUT2D eigenvalue weighted by Gasteiger charge is -2.08. The first-order chi connectivity index (χ1) is 9.99. The van der Waals surface area contributed by atoms with E-state index in [-0.39, 0.29) is 24.2 Å². The first-order valence-electron chi connectivity index (χ1n) is 6.23. The van der Waals surface area contributed by atoms with Crippen molar-refractivity contribution in [2.75, 3.05) is 6.54 Å². The maximum atomic E-state index is 13.4. The van der Waals surface area contributed by atoms with E-state index in [1.807, 2.05) is 0 Å². The van der Waals surface area contributed by atoms with Gasteiger partial charge in [0.1, 0.15) is 11.6 Å². The molecule has 110 valence electrons. The fourth-order valence-corrected chi connectivity index (χ4v) is 1.78. The molecule has 0 unspecified atom stereocenters. The number of rotatable bonds is 4. The molecule has 0 aliphatic heterocycles. The predicted octanol–water partition coefficient (Wildman–Crippen LogP) is 1.26. The molecule has 0 bridgehead atoms. The van der Waals surface area contributed by atoms with Crippen LogP contribution >= 0.6 is 0 Å². The average Bonchev–Trinajstić information content (AvgIpc) is 2.43. The monoisotopic (exact) mass is 293 g/mol. The fourth-order valence-electron chi connectivity index (χ4n) is 1.78. The number of carbonyl (C=O) groups is 1.